The summed E-state index contributed by atoms with van der Waals surface area (Å²) in [6.07, 6.45) is 2.03. The van der Waals surface area contributed by atoms with Crippen LogP contribution in [-0.2, 0) is 0 Å². The summed E-state index contributed by atoms with van der Waals surface area (Å²) < 4.78 is 5.26. The van der Waals surface area contributed by atoms with Gasteiger partial charge in [-0.2, -0.15) is 0 Å². The number of oxazole rings is 1. The largest absolute Gasteiger partial charge is 0.429 e. The zero-order valence-electron chi connectivity index (χ0n) is 6.46. The second kappa shape index (κ2) is 2.95. The summed E-state index contributed by atoms with van der Waals surface area (Å²) in [4.78, 5) is 4.56. The Hall–Kier alpha value is -0.740. The van der Waals surface area contributed by atoms with E-state index in [2.05, 4.69) is 4.98 Å². The molecule has 1 N–H and O–H groups in total. The van der Waals surface area contributed by atoms with Crippen LogP contribution in [-0.4, -0.2) is 11.2 Å². The molecule has 0 radical (unpaired) electrons. The topological polar surface area (TPSA) is 28.9 Å². The molecule has 0 spiro atoms. The third-order valence-electron chi connectivity index (χ3n) is 1.63. The Bertz CT molecular complexity index is 457. The lowest BCUT2D eigenvalue weighted by molar-refractivity contribution is 0.582. The van der Waals surface area contributed by atoms with Crippen molar-refractivity contribution in [2.24, 2.45) is 0 Å². The molecule has 2 aromatic rings. The number of thioether (sulfide) groups is 1. The molecule has 2 nitrogen and oxygen atoms in total. The van der Waals surface area contributed by atoms with Gasteiger partial charge in [0.05, 0.1) is 5.52 Å². The average molecular weight is 197 g/mol. The number of nitrogens with one attached hydrogen (secondary N) is 1. The Balaban J connectivity index is 2.74. The van der Waals surface area contributed by atoms with E-state index in [0.717, 1.165) is 11.1 Å². The molecular weight excluding hydrogens is 190 g/mol. The Kier molecular flexibility index (Phi) is 1.94. The van der Waals surface area contributed by atoms with E-state index in [1.807, 2.05) is 24.5 Å². The minimum absolute atomic E-state index is 0.434. The van der Waals surface area contributed by atoms with Gasteiger partial charge in [-0.25, -0.2) is 0 Å². The van der Waals surface area contributed by atoms with Gasteiger partial charge in [-0.05, 0) is 36.7 Å². The van der Waals surface area contributed by atoms with E-state index in [0.29, 0.717) is 4.84 Å². The fourth-order valence-corrected chi connectivity index (χ4v) is 1.68. The molecule has 0 saturated carbocycles. The Labute approximate surface area is 79.0 Å². The molecule has 2 rings (SSSR count). The van der Waals surface area contributed by atoms with E-state index < -0.39 is 0 Å². The summed E-state index contributed by atoms with van der Waals surface area (Å²) in [6, 6.07) is 5.99. The van der Waals surface area contributed by atoms with Crippen molar-refractivity contribution >= 4 is 35.1 Å². The highest BCUT2D eigenvalue weighted by Crippen LogP contribution is 2.21. The van der Waals surface area contributed by atoms with Gasteiger partial charge in [-0.3, -0.25) is 0 Å². The Morgan fingerprint density at radius 1 is 1.50 bits per heavy atom. The van der Waals surface area contributed by atoms with Crippen molar-refractivity contribution in [3.63, 3.8) is 0 Å². The molecule has 1 aromatic carbocycles. The second-order valence-corrected chi connectivity index (χ2v) is 3.63. The number of rotatable bonds is 1. The molecule has 0 amide bonds. The van der Waals surface area contributed by atoms with Crippen molar-refractivity contribution in [3.05, 3.63) is 23.0 Å². The van der Waals surface area contributed by atoms with Gasteiger partial charge in [0.25, 0.3) is 4.84 Å². The third kappa shape index (κ3) is 1.28. The quantitative estimate of drug-likeness (QED) is 0.562. The molecular formula is C8H7NOS2. The van der Waals surface area contributed by atoms with Crippen LogP contribution in [0.1, 0.15) is 0 Å². The molecule has 12 heavy (non-hydrogen) atoms. The molecule has 0 aliphatic rings. The van der Waals surface area contributed by atoms with E-state index in [1.54, 1.807) is 11.8 Å². The van der Waals surface area contributed by atoms with Crippen LogP contribution >= 0.6 is 24.0 Å². The summed E-state index contributed by atoms with van der Waals surface area (Å²) >= 11 is 6.55. The van der Waals surface area contributed by atoms with Gasteiger partial charge in [0, 0.05) is 4.90 Å². The second-order valence-electron chi connectivity index (χ2n) is 2.38. The van der Waals surface area contributed by atoms with Crippen molar-refractivity contribution in [2.75, 3.05) is 6.26 Å². The lowest BCUT2D eigenvalue weighted by Gasteiger charge is -1.92. The van der Waals surface area contributed by atoms with Crippen LogP contribution in [0.3, 0.4) is 0 Å². The maximum atomic E-state index is 5.26. The number of benzene rings is 1. The molecule has 0 fully saturated rings. The molecule has 0 aliphatic heterocycles. The van der Waals surface area contributed by atoms with Crippen molar-refractivity contribution in [2.45, 2.75) is 4.90 Å². The van der Waals surface area contributed by atoms with Gasteiger partial charge in [0.15, 0.2) is 5.58 Å². The number of fused-ring (bicyclic) bond motifs is 1. The van der Waals surface area contributed by atoms with Crippen LogP contribution in [0.5, 0.6) is 0 Å². The number of hydrogen-bond donors (Lipinski definition) is 1. The summed E-state index contributed by atoms with van der Waals surface area (Å²) in [5.74, 6) is 0. The molecule has 0 saturated heterocycles. The van der Waals surface area contributed by atoms with Crippen LogP contribution < -0.4 is 0 Å². The van der Waals surface area contributed by atoms with Gasteiger partial charge in [-0.15, -0.1) is 11.8 Å². The van der Waals surface area contributed by atoms with Crippen LogP contribution in [0, 0.1) is 4.84 Å². The number of aromatic amines is 1. The van der Waals surface area contributed by atoms with E-state index in [9.17, 15) is 0 Å². The zero-order chi connectivity index (χ0) is 8.55. The van der Waals surface area contributed by atoms with Gasteiger partial charge < -0.3 is 9.40 Å². The highest BCUT2D eigenvalue weighted by molar-refractivity contribution is 7.98. The van der Waals surface area contributed by atoms with E-state index in [1.165, 1.54) is 4.90 Å². The minimum Gasteiger partial charge on any atom is -0.429 e. The first-order chi connectivity index (χ1) is 5.79. The lowest BCUT2D eigenvalue weighted by Crippen LogP contribution is -1.69. The first kappa shape index (κ1) is 7.89. The normalized spacial score (nSPS) is 10.8. The first-order valence-electron chi connectivity index (χ1n) is 3.46. The SMILES string of the molecule is CSc1ccc2[nH]c(=S)oc2c1. The fourth-order valence-electron chi connectivity index (χ4n) is 1.05. The van der Waals surface area contributed by atoms with Crippen LogP contribution in [0.25, 0.3) is 11.1 Å². The monoisotopic (exact) mass is 197 g/mol. The number of hydrogen-bond acceptors (Lipinski definition) is 3. The predicted molar refractivity (Wildman–Crippen MR) is 53.2 cm³/mol. The summed E-state index contributed by atoms with van der Waals surface area (Å²) in [5.41, 5.74) is 1.78. The van der Waals surface area contributed by atoms with Gasteiger partial charge in [-0.1, -0.05) is 0 Å². The van der Waals surface area contributed by atoms with Crippen molar-refractivity contribution < 1.29 is 4.42 Å². The maximum Gasteiger partial charge on any atom is 0.266 e. The van der Waals surface area contributed by atoms with E-state index in [-0.39, 0.29) is 0 Å². The highest BCUT2D eigenvalue weighted by atomic mass is 32.2. The van der Waals surface area contributed by atoms with Crippen molar-refractivity contribution in [1.29, 1.82) is 0 Å². The minimum atomic E-state index is 0.434. The van der Waals surface area contributed by atoms with E-state index >= 15 is 0 Å². The number of H-pyrrole nitrogens is 1. The van der Waals surface area contributed by atoms with Crippen molar-refractivity contribution in [3.8, 4) is 0 Å². The van der Waals surface area contributed by atoms with Crippen LogP contribution in [0.2, 0.25) is 0 Å². The van der Waals surface area contributed by atoms with E-state index in [4.69, 9.17) is 16.6 Å². The third-order valence-corrected chi connectivity index (χ3v) is 2.54. The summed E-state index contributed by atoms with van der Waals surface area (Å²) in [7, 11) is 0. The molecule has 1 aromatic heterocycles. The highest BCUT2D eigenvalue weighted by Gasteiger charge is 1.98. The average Bonchev–Trinajstić information content (AvgIpc) is 2.43. The zero-order valence-corrected chi connectivity index (χ0v) is 8.09. The smallest absolute Gasteiger partial charge is 0.266 e. The van der Waals surface area contributed by atoms with Crippen LogP contribution in [0.15, 0.2) is 27.5 Å². The molecule has 0 atom stereocenters. The van der Waals surface area contributed by atoms with Gasteiger partial charge in [0.2, 0.25) is 0 Å². The predicted octanol–water partition coefficient (Wildman–Crippen LogP) is 3.21. The first-order valence-corrected chi connectivity index (χ1v) is 5.10. The molecule has 62 valence electrons. The summed E-state index contributed by atoms with van der Waals surface area (Å²) in [5, 5.41) is 0. The molecule has 0 unspecified atom stereocenters. The lowest BCUT2D eigenvalue weighted by atomic mass is 10.3. The van der Waals surface area contributed by atoms with Crippen LogP contribution in [0.4, 0.5) is 0 Å². The Morgan fingerprint density at radius 2 is 2.33 bits per heavy atom. The van der Waals surface area contributed by atoms with Gasteiger partial charge in [0.1, 0.15) is 0 Å². The molecule has 0 aliphatic carbocycles. The number of aromatic nitrogens is 1. The maximum absolute atomic E-state index is 5.26. The molecule has 0 bridgehead atoms. The van der Waals surface area contributed by atoms with Gasteiger partial charge >= 0.3 is 0 Å². The fraction of sp³-hybridized carbons (Fsp3) is 0.125. The molecule has 1 heterocycles. The molecule has 4 heteroatoms. The summed E-state index contributed by atoms with van der Waals surface area (Å²) in [6.45, 7) is 0. The van der Waals surface area contributed by atoms with Crippen molar-refractivity contribution in [1.82, 2.24) is 4.98 Å². The standard InChI is InChI=1S/C8H7NOS2/c1-12-5-2-3-6-7(4-5)10-8(11)9-6/h2-4H,1H3,(H,9,11). The Morgan fingerprint density at radius 3 is 3.08 bits per heavy atom.